The Morgan fingerprint density at radius 1 is 1.20 bits per heavy atom. The van der Waals surface area contributed by atoms with Crippen LogP contribution in [-0.4, -0.2) is 5.78 Å². The Bertz CT molecular complexity index is 427. The van der Waals surface area contributed by atoms with E-state index in [0.29, 0.717) is 5.78 Å². The van der Waals surface area contributed by atoms with E-state index < -0.39 is 0 Å². The number of carbonyl (C=O) groups excluding carboxylic acids is 1. The van der Waals surface area contributed by atoms with Crippen molar-refractivity contribution >= 4 is 5.78 Å². The number of rotatable bonds is 0. The predicted octanol–water partition coefficient (Wildman–Crippen LogP) is 3.46. The van der Waals surface area contributed by atoms with Crippen LogP contribution in [0.5, 0.6) is 0 Å². The standard InChI is InChI=1S/C14H18O/c1-9-5-6-12-11(10(9)2)7-8-14(3,4)13(12)15/h5-6H,7-8H2,1-4H3. The van der Waals surface area contributed by atoms with Gasteiger partial charge in [-0.05, 0) is 43.4 Å². The summed E-state index contributed by atoms with van der Waals surface area (Å²) in [4.78, 5) is 12.2. The highest BCUT2D eigenvalue weighted by atomic mass is 16.1. The van der Waals surface area contributed by atoms with Gasteiger partial charge < -0.3 is 0 Å². The second kappa shape index (κ2) is 3.19. The van der Waals surface area contributed by atoms with Crippen LogP contribution in [-0.2, 0) is 6.42 Å². The largest absolute Gasteiger partial charge is 0.294 e. The Balaban J connectivity index is 2.61. The average Bonchev–Trinajstić information content (AvgIpc) is 2.17. The molecule has 0 heterocycles. The lowest BCUT2D eigenvalue weighted by atomic mass is 9.72. The maximum Gasteiger partial charge on any atom is 0.168 e. The summed E-state index contributed by atoms with van der Waals surface area (Å²) < 4.78 is 0. The Hall–Kier alpha value is -1.11. The molecule has 0 amide bonds. The monoisotopic (exact) mass is 202 g/mol. The Morgan fingerprint density at radius 3 is 2.53 bits per heavy atom. The molecule has 15 heavy (non-hydrogen) atoms. The van der Waals surface area contributed by atoms with Crippen molar-refractivity contribution in [2.45, 2.75) is 40.5 Å². The Labute approximate surface area is 91.5 Å². The van der Waals surface area contributed by atoms with Crippen LogP contribution in [0.1, 0.15) is 47.3 Å². The van der Waals surface area contributed by atoms with E-state index in [1.165, 1.54) is 16.7 Å². The van der Waals surface area contributed by atoms with Gasteiger partial charge in [0, 0.05) is 11.0 Å². The lowest BCUT2D eigenvalue weighted by Crippen LogP contribution is -2.30. The van der Waals surface area contributed by atoms with Gasteiger partial charge in [-0.3, -0.25) is 4.79 Å². The Kier molecular flexibility index (Phi) is 2.22. The van der Waals surface area contributed by atoms with E-state index in [-0.39, 0.29) is 5.41 Å². The second-order valence-electron chi connectivity index (χ2n) is 5.25. The average molecular weight is 202 g/mol. The van der Waals surface area contributed by atoms with Gasteiger partial charge in [-0.25, -0.2) is 0 Å². The van der Waals surface area contributed by atoms with E-state index in [4.69, 9.17) is 0 Å². The highest BCUT2D eigenvalue weighted by molar-refractivity contribution is 6.02. The lowest BCUT2D eigenvalue weighted by molar-refractivity contribution is 0.0811. The molecule has 0 aromatic heterocycles. The quantitative estimate of drug-likeness (QED) is 0.629. The number of hydrogen-bond acceptors (Lipinski definition) is 1. The van der Waals surface area contributed by atoms with Crippen LogP contribution in [0.2, 0.25) is 0 Å². The molecule has 1 heteroatoms. The van der Waals surface area contributed by atoms with E-state index in [1.807, 2.05) is 19.9 Å². The minimum atomic E-state index is -0.172. The van der Waals surface area contributed by atoms with Crippen LogP contribution >= 0.6 is 0 Å². The number of Topliss-reactive ketones (excluding diaryl/α,β-unsaturated/α-hetero) is 1. The normalized spacial score (nSPS) is 18.8. The molecule has 2 rings (SSSR count). The SMILES string of the molecule is Cc1ccc2c(c1C)CCC(C)(C)C2=O. The highest BCUT2D eigenvalue weighted by Gasteiger charge is 2.34. The van der Waals surface area contributed by atoms with Crippen molar-refractivity contribution in [3.8, 4) is 0 Å². The molecule has 0 unspecified atom stereocenters. The van der Waals surface area contributed by atoms with E-state index in [2.05, 4.69) is 19.9 Å². The van der Waals surface area contributed by atoms with Crippen LogP contribution < -0.4 is 0 Å². The van der Waals surface area contributed by atoms with Gasteiger partial charge in [-0.15, -0.1) is 0 Å². The van der Waals surface area contributed by atoms with Gasteiger partial charge in [-0.1, -0.05) is 26.0 Å². The van der Waals surface area contributed by atoms with Gasteiger partial charge in [0.25, 0.3) is 0 Å². The number of hydrogen-bond donors (Lipinski definition) is 0. The molecule has 80 valence electrons. The first-order chi connectivity index (χ1) is 6.93. The fraction of sp³-hybridized carbons (Fsp3) is 0.500. The first-order valence-electron chi connectivity index (χ1n) is 5.57. The predicted molar refractivity (Wildman–Crippen MR) is 62.3 cm³/mol. The van der Waals surface area contributed by atoms with Gasteiger partial charge in [0.1, 0.15) is 0 Å². The van der Waals surface area contributed by atoms with Crippen LogP contribution in [0.3, 0.4) is 0 Å². The first-order valence-corrected chi connectivity index (χ1v) is 5.57. The van der Waals surface area contributed by atoms with Crippen LogP contribution in [0.15, 0.2) is 12.1 Å². The third-order valence-electron chi connectivity index (χ3n) is 3.73. The van der Waals surface area contributed by atoms with E-state index in [9.17, 15) is 4.79 Å². The molecular weight excluding hydrogens is 184 g/mol. The number of ketones is 1. The topological polar surface area (TPSA) is 17.1 Å². The van der Waals surface area contributed by atoms with E-state index in [1.54, 1.807) is 0 Å². The molecule has 0 bridgehead atoms. The third-order valence-corrected chi connectivity index (χ3v) is 3.73. The zero-order valence-corrected chi connectivity index (χ0v) is 9.98. The van der Waals surface area contributed by atoms with Crippen molar-refractivity contribution < 1.29 is 4.79 Å². The van der Waals surface area contributed by atoms with Gasteiger partial charge >= 0.3 is 0 Å². The lowest BCUT2D eigenvalue weighted by Gasteiger charge is -2.30. The molecule has 1 aliphatic rings. The van der Waals surface area contributed by atoms with Crippen LogP contribution in [0, 0.1) is 19.3 Å². The van der Waals surface area contributed by atoms with Crippen molar-refractivity contribution in [3.05, 3.63) is 34.4 Å². The molecule has 0 N–H and O–H groups in total. The number of fused-ring (bicyclic) bond motifs is 1. The molecule has 1 nitrogen and oxygen atoms in total. The molecule has 0 saturated heterocycles. The van der Waals surface area contributed by atoms with Gasteiger partial charge in [0.2, 0.25) is 0 Å². The molecule has 0 saturated carbocycles. The van der Waals surface area contributed by atoms with Crippen molar-refractivity contribution in [2.75, 3.05) is 0 Å². The summed E-state index contributed by atoms with van der Waals surface area (Å²) in [5.41, 5.74) is 4.65. The molecule has 0 aliphatic heterocycles. The van der Waals surface area contributed by atoms with Crippen molar-refractivity contribution in [1.29, 1.82) is 0 Å². The molecule has 1 aliphatic carbocycles. The minimum Gasteiger partial charge on any atom is -0.294 e. The summed E-state index contributed by atoms with van der Waals surface area (Å²) in [6.07, 6.45) is 2.02. The second-order valence-corrected chi connectivity index (χ2v) is 5.25. The zero-order valence-electron chi connectivity index (χ0n) is 9.98. The maximum atomic E-state index is 12.2. The fourth-order valence-electron chi connectivity index (χ4n) is 2.32. The maximum absolute atomic E-state index is 12.2. The summed E-state index contributed by atoms with van der Waals surface area (Å²) in [6, 6.07) is 4.06. The van der Waals surface area contributed by atoms with E-state index >= 15 is 0 Å². The van der Waals surface area contributed by atoms with Crippen LogP contribution in [0.4, 0.5) is 0 Å². The van der Waals surface area contributed by atoms with E-state index in [0.717, 1.165) is 18.4 Å². The third kappa shape index (κ3) is 1.50. The zero-order chi connectivity index (χ0) is 11.2. The minimum absolute atomic E-state index is 0.172. The summed E-state index contributed by atoms with van der Waals surface area (Å²) in [5.74, 6) is 0.312. The molecule has 0 fully saturated rings. The van der Waals surface area contributed by atoms with Crippen LogP contribution in [0.25, 0.3) is 0 Å². The smallest absolute Gasteiger partial charge is 0.168 e. The Morgan fingerprint density at radius 2 is 1.87 bits per heavy atom. The van der Waals surface area contributed by atoms with Gasteiger partial charge in [-0.2, -0.15) is 0 Å². The summed E-state index contributed by atoms with van der Waals surface area (Å²) in [6.45, 7) is 8.33. The molecule has 1 aromatic carbocycles. The van der Waals surface area contributed by atoms with Gasteiger partial charge in [0.15, 0.2) is 5.78 Å². The molecule has 0 atom stereocenters. The first kappa shape index (κ1) is 10.4. The molecule has 0 spiro atoms. The number of carbonyl (C=O) groups is 1. The van der Waals surface area contributed by atoms with Crippen molar-refractivity contribution in [2.24, 2.45) is 5.41 Å². The van der Waals surface area contributed by atoms with Crippen molar-refractivity contribution in [1.82, 2.24) is 0 Å². The summed E-state index contributed by atoms with van der Waals surface area (Å²) in [7, 11) is 0. The summed E-state index contributed by atoms with van der Waals surface area (Å²) in [5, 5.41) is 0. The molecule has 1 aromatic rings. The molecular formula is C14H18O. The van der Waals surface area contributed by atoms with Crippen molar-refractivity contribution in [3.63, 3.8) is 0 Å². The highest BCUT2D eigenvalue weighted by Crippen LogP contribution is 2.36. The molecule has 0 radical (unpaired) electrons. The number of aryl methyl sites for hydroxylation is 1. The van der Waals surface area contributed by atoms with Gasteiger partial charge in [0.05, 0.1) is 0 Å². The number of benzene rings is 1. The summed E-state index contributed by atoms with van der Waals surface area (Å²) >= 11 is 0. The fourth-order valence-corrected chi connectivity index (χ4v) is 2.32.